The first-order valence-corrected chi connectivity index (χ1v) is 4.52. The summed E-state index contributed by atoms with van der Waals surface area (Å²) < 4.78 is 0. The van der Waals surface area contributed by atoms with Crippen LogP contribution in [0.25, 0.3) is 0 Å². The Kier molecular flexibility index (Phi) is 7.11. The molecule has 0 aromatic rings. The van der Waals surface area contributed by atoms with Gasteiger partial charge in [-0.3, -0.25) is 0 Å². The molecular weight excluding hydrogens is 134 g/mol. The van der Waals surface area contributed by atoms with Crippen LogP contribution in [-0.4, -0.2) is 6.21 Å². The summed E-state index contributed by atoms with van der Waals surface area (Å²) in [5, 5.41) is 6.84. The van der Waals surface area contributed by atoms with Crippen molar-refractivity contribution in [3.05, 3.63) is 12.2 Å². The average molecular weight is 153 g/mol. The fourth-order valence-electron chi connectivity index (χ4n) is 1.12. The summed E-state index contributed by atoms with van der Waals surface area (Å²) >= 11 is 0. The zero-order valence-corrected chi connectivity index (χ0v) is 7.64. The van der Waals surface area contributed by atoms with Gasteiger partial charge >= 0.3 is 0 Å². The Bertz CT molecular complexity index is 116. The summed E-state index contributed by atoms with van der Waals surface area (Å²) in [6, 6.07) is 0. The molecule has 1 nitrogen and oxygen atoms in total. The molecule has 0 aromatic carbocycles. The molecule has 1 atom stereocenters. The second-order valence-corrected chi connectivity index (χ2v) is 2.86. The second-order valence-electron chi connectivity index (χ2n) is 2.86. The molecule has 0 saturated carbocycles. The highest BCUT2D eigenvalue weighted by atomic mass is 14.3. The molecule has 1 heteroatoms. The van der Waals surface area contributed by atoms with Crippen LogP contribution in [0.1, 0.15) is 39.5 Å². The molecule has 64 valence electrons. The minimum absolute atomic E-state index is 0.691. The smallest absolute Gasteiger partial charge is 0.0174 e. The predicted octanol–water partition coefficient (Wildman–Crippen LogP) is 3.41. The maximum Gasteiger partial charge on any atom is 0.0174 e. The lowest BCUT2D eigenvalue weighted by molar-refractivity contribution is 0.540. The third-order valence-corrected chi connectivity index (χ3v) is 1.93. The molecule has 1 N–H and O–H groups in total. The van der Waals surface area contributed by atoms with Gasteiger partial charge in [0.15, 0.2) is 0 Å². The van der Waals surface area contributed by atoms with Gasteiger partial charge in [-0.25, -0.2) is 0 Å². The first kappa shape index (κ1) is 10.4. The third kappa shape index (κ3) is 5.84. The summed E-state index contributed by atoms with van der Waals surface area (Å²) in [6.07, 6.45) is 10.4. The van der Waals surface area contributed by atoms with Crippen molar-refractivity contribution < 1.29 is 0 Å². The molecular formula is C10H19N. The molecule has 0 heterocycles. The normalized spacial score (nSPS) is 13.6. The molecule has 0 bridgehead atoms. The summed E-state index contributed by atoms with van der Waals surface area (Å²) in [5.41, 5.74) is 0. The number of nitrogens with one attached hydrogen (secondary N) is 1. The Morgan fingerprint density at radius 1 is 1.36 bits per heavy atom. The molecule has 0 aliphatic carbocycles. The van der Waals surface area contributed by atoms with Crippen LogP contribution in [-0.2, 0) is 0 Å². The first-order chi connectivity index (χ1) is 5.35. The first-order valence-electron chi connectivity index (χ1n) is 4.52. The van der Waals surface area contributed by atoms with Crippen LogP contribution in [0.3, 0.4) is 0 Å². The van der Waals surface area contributed by atoms with Crippen molar-refractivity contribution in [3.8, 4) is 0 Å². The molecule has 0 spiro atoms. The highest BCUT2D eigenvalue weighted by molar-refractivity contribution is 5.67. The maximum absolute atomic E-state index is 6.84. The van der Waals surface area contributed by atoms with Gasteiger partial charge in [-0.2, -0.15) is 0 Å². The Balaban J connectivity index is 3.56. The summed E-state index contributed by atoms with van der Waals surface area (Å²) in [7, 11) is 0. The number of allylic oxidation sites excluding steroid dienone is 2. The van der Waals surface area contributed by atoms with Gasteiger partial charge in [0.05, 0.1) is 0 Å². The SMILES string of the molecule is CCCCC(/C=C/C=N)CC. The van der Waals surface area contributed by atoms with Crippen LogP contribution in [0.2, 0.25) is 0 Å². The third-order valence-electron chi connectivity index (χ3n) is 1.93. The number of hydrogen-bond donors (Lipinski definition) is 1. The molecule has 0 amide bonds. The van der Waals surface area contributed by atoms with E-state index >= 15 is 0 Å². The molecule has 1 unspecified atom stereocenters. The standard InChI is InChI=1S/C10H19N/c1-3-5-7-10(4-2)8-6-9-11/h6,8-11H,3-5,7H2,1-2H3/b8-6+,11-9?. The summed E-state index contributed by atoms with van der Waals surface area (Å²) in [6.45, 7) is 4.42. The molecule has 0 aliphatic heterocycles. The monoisotopic (exact) mass is 153 g/mol. The number of unbranched alkanes of at least 4 members (excludes halogenated alkanes) is 1. The van der Waals surface area contributed by atoms with Crippen LogP contribution >= 0.6 is 0 Å². The zero-order valence-electron chi connectivity index (χ0n) is 7.64. The molecule has 0 rings (SSSR count). The predicted molar refractivity (Wildman–Crippen MR) is 51.2 cm³/mol. The molecule has 0 fully saturated rings. The van der Waals surface area contributed by atoms with Crippen molar-refractivity contribution in [1.29, 1.82) is 5.41 Å². The lowest BCUT2D eigenvalue weighted by Crippen LogP contribution is -1.93. The van der Waals surface area contributed by atoms with E-state index in [0.29, 0.717) is 5.92 Å². The van der Waals surface area contributed by atoms with Crippen LogP contribution in [0, 0.1) is 11.3 Å². The number of rotatable bonds is 6. The van der Waals surface area contributed by atoms with Gasteiger partial charge in [0.1, 0.15) is 0 Å². The fraction of sp³-hybridized carbons (Fsp3) is 0.700. The molecule has 0 radical (unpaired) electrons. The van der Waals surface area contributed by atoms with Crippen molar-refractivity contribution in [1.82, 2.24) is 0 Å². The largest absolute Gasteiger partial charge is 0.309 e. The van der Waals surface area contributed by atoms with Crippen molar-refractivity contribution in [2.45, 2.75) is 39.5 Å². The van der Waals surface area contributed by atoms with Crippen molar-refractivity contribution >= 4 is 6.21 Å². The van der Waals surface area contributed by atoms with Gasteiger partial charge < -0.3 is 5.41 Å². The second kappa shape index (κ2) is 7.52. The Morgan fingerprint density at radius 3 is 2.55 bits per heavy atom. The zero-order chi connectivity index (χ0) is 8.53. The van der Waals surface area contributed by atoms with E-state index in [4.69, 9.17) is 5.41 Å². The lowest BCUT2D eigenvalue weighted by Gasteiger charge is -2.07. The van der Waals surface area contributed by atoms with Crippen molar-refractivity contribution in [3.63, 3.8) is 0 Å². The number of hydrogen-bond acceptors (Lipinski definition) is 1. The minimum Gasteiger partial charge on any atom is -0.309 e. The van der Waals surface area contributed by atoms with E-state index in [1.54, 1.807) is 0 Å². The lowest BCUT2D eigenvalue weighted by atomic mass is 9.99. The average Bonchev–Trinajstić information content (AvgIpc) is 2.05. The van der Waals surface area contributed by atoms with Gasteiger partial charge in [0.25, 0.3) is 0 Å². The highest BCUT2D eigenvalue weighted by Gasteiger charge is 1.98. The van der Waals surface area contributed by atoms with Gasteiger partial charge in [-0.05, 0) is 24.8 Å². The molecule has 0 aliphatic rings. The fourth-order valence-corrected chi connectivity index (χ4v) is 1.12. The maximum atomic E-state index is 6.84. The van der Waals surface area contributed by atoms with Crippen LogP contribution in [0.5, 0.6) is 0 Å². The minimum atomic E-state index is 0.691. The van der Waals surface area contributed by atoms with Crippen LogP contribution in [0.15, 0.2) is 12.2 Å². The van der Waals surface area contributed by atoms with E-state index in [2.05, 4.69) is 19.9 Å². The Labute approximate surface area is 70.0 Å². The molecule has 11 heavy (non-hydrogen) atoms. The van der Waals surface area contributed by atoms with Gasteiger partial charge in [0.2, 0.25) is 0 Å². The molecule has 0 saturated heterocycles. The van der Waals surface area contributed by atoms with Crippen molar-refractivity contribution in [2.24, 2.45) is 5.92 Å². The van der Waals surface area contributed by atoms with Crippen molar-refractivity contribution in [2.75, 3.05) is 0 Å². The summed E-state index contributed by atoms with van der Waals surface area (Å²) in [4.78, 5) is 0. The van der Waals surface area contributed by atoms with E-state index in [9.17, 15) is 0 Å². The Morgan fingerprint density at radius 2 is 2.09 bits per heavy atom. The van der Waals surface area contributed by atoms with E-state index in [1.807, 2.05) is 6.08 Å². The highest BCUT2D eigenvalue weighted by Crippen LogP contribution is 2.13. The van der Waals surface area contributed by atoms with E-state index in [1.165, 1.54) is 31.9 Å². The quantitative estimate of drug-likeness (QED) is 0.565. The summed E-state index contributed by atoms with van der Waals surface area (Å²) in [5.74, 6) is 0.691. The van der Waals surface area contributed by atoms with Crippen LogP contribution in [0.4, 0.5) is 0 Å². The van der Waals surface area contributed by atoms with E-state index in [0.717, 1.165) is 0 Å². The van der Waals surface area contributed by atoms with Gasteiger partial charge in [0, 0.05) is 6.21 Å². The van der Waals surface area contributed by atoms with E-state index < -0.39 is 0 Å². The van der Waals surface area contributed by atoms with Gasteiger partial charge in [-0.15, -0.1) is 0 Å². The Hall–Kier alpha value is -0.590. The van der Waals surface area contributed by atoms with Crippen LogP contribution < -0.4 is 0 Å². The van der Waals surface area contributed by atoms with Gasteiger partial charge in [-0.1, -0.05) is 32.8 Å². The topological polar surface area (TPSA) is 23.9 Å². The van der Waals surface area contributed by atoms with E-state index in [-0.39, 0.29) is 0 Å². The molecule has 0 aromatic heterocycles.